The van der Waals surface area contributed by atoms with Crippen molar-refractivity contribution >= 4 is 0 Å². The molecule has 4 N–H and O–H groups in total. The van der Waals surface area contributed by atoms with Crippen LogP contribution < -0.4 is 10.6 Å². The Labute approximate surface area is 69.8 Å². The maximum Gasteiger partial charge on any atom is 0.134 e. The molecule has 0 radical (unpaired) electrons. The molecular formula is C9H22N2+2. The van der Waals surface area contributed by atoms with Crippen LogP contribution in [-0.2, 0) is 0 Å². The average Bonchev–Trinajstić information content (AvgIpc) is 2.05. The molecule has 1 saturated heterocycles. The number of likely N-dealkylation sites (tertiary alicyclic amines) is 1. The molecule has 0 aromatic rings. The SMILES string of the molecule is CC1CC[NH+]([C@H](C)C[NH3+])CC1. The van der Waals surface area contributed by atoms with Gasteiger partial charge in [0.1, 0.15) is 12.6 Å². The van der Waals surface area contributed by atoms with Crippen LogP contribution in [0, 0.1) is 5.92 Å². The van der Waals surface area contributed by atoms with Crippen LogP contribution in [0.15, 0.2) is 0 Å². The zero-order chi connectivity index (χ0) is 8.27. The van der Waals surface area contributed by atoms with E-state index >= 15 is 0 Å². The third kappa shape index (κ3) is 2.46. The van der Waals surface area contributed by atoms with Gasteiger partial charge >= 0.3 is 0 Å². The van der Waals surface area contributed by atoms with Crippen molar-refractivity contribution in [2.75, 3.05) is 19.6 Å². The largest absolute Gasteiger partial charge is 0.353 e. The van der Waals surface area contributed by atoms with Crippen molar-refractivity contribution in [1.82, 2.24) is 0 Å². The van der Waals surface area contributed by atoms with E-state index < -0.39 is 0 Å². The van der Waals surface area contributed by atoms with Crippen LogP contribution in [0.3, 0.4) is 0 Å². The number of nitrogens with one attached hydrogen (secondary N) is 1. The maximum absolute atomic E-state index is 3.96. The van der Waals surface area contributed by atoms with Gasteiger partial charge in [0, 0.05) is 0 Å². The van der Waals surface area contributed by atoms with Gasteiger partial charge in [-0.05, 0) is 25.7 Å². The molecule has 1 aliphatic heterocycles. The first-order valence-corrected chi connectivity index (χ1v) is 4.88. The van der Waals surface area contributed by atoms with Crippen LogP contribution in [0.1, 0.15) is 26.7 Å². The van der Waals surface area contributed by atoms with Gasteiger partial charge in [-0.25, -0.2) is 0 Å². The third-order valence-electron chi connectivity index (χ3n) is 3.05. The summed E-state index contributed by atoms with van der Waals surface area (Å²) in [7, 11) is 0. The molecule has 1 fully saturated rings. The average molecular weight is 158 g/mol. The van der Waals surface area contributed by atoms with Gasteiger partial charge in [-0.1, -0.05) is 6.92 Å². The predicted octanol–water partition coefficient (Wildman–Crippen LogP) is -1.07. The molecule has 0 amide bonds. The quantitative estimate of drug-likeness (QED) is 0.513. The van der Waals surface area contributed by atoms with Crippen molar-refractivity contribution in [2.45, 2.75) is 32.7 Å². The molecule has 0 aromatic carbocycles. The Morgan fingerprint density at radius 3 is 2.45 bits per heavy atom. The molecule has 66 valence electrons. The summed E-state index contributed by atoms with van der Waals surface area (Å²) in [6.45, 7) is 8.52. The summed E-state index contributed by atoms with van der Waals surface area (Å²) < 4.78 is 0. The Bertz CT molecular complexity index is 106. The fourth-order valence-electron chi connectivity index (χ4n) is 1.83. The van der Waals surface area contributed by atoms with E-state index in [4.69, 9.17) is 0 Å². The van der Waals surface area contributed by atoms with E-state index in [-0.39, 0.29) is 0 Å². The lowest BCUT2D eigenvalue weighted by atomic mass is 9.98. The minimum Gasteiger partial charge on any atom is -0.353 e. The molecule has 2 heteroatoms. The van der Waals surface area contributed by atoms with E-state index in [0.29, 0.717) is 0 Å². The zero-order valence-corrected chi connectivity index (χ0v) is 7.90. The molecule has 1 atom stereocenters. The summed E-state index contributed by atoms with van der Waals surface area (Å²) in [5, 5.41) is 0. The molecule has 0 unspecified atom stereocenters. The van der Waals surface area contributed by atoms with Crippen LogP contribution in [0.2, 0.25) is 0 Å². The van der Waals surface area contributed by atoms with Gasteiger partial charge in [0.25, 0.3) is 0 Å². The van der Waals surface area contributed by atoms with Gasteiger partial charge in [0.05, 0.1) is 13.1 Å². The van der Waals surface area contributed by atoms with Gasteiger partial charge < -0.3 is 10.6 Å². The lowest BCUT2D eigenvalue weighted by molar-refractivity contribution is -0.934. The molecule has 11 heavy (non-hydrogen) atoms. The summed E-state index contributed by atoms with van der Waals surface area (Å²) in [6.07, 6.45) is 2.83. The van der Waals surface area contributed by atoms with E-state index in [1.165, 1.54) is 25.9 Å². The number of hydrogen-bond donors (Lipinski definition) is 2. The first-order chi connectivity index (χ1) is 5.24. The van der Waals surface area contributed by atoms with E-state index in [2.05, 4.69) is 19.6 Å². The Morgan fingerprint density at radius 1 is 1.45 bits per heavy atom. The first kappa shape index (κ1) is 9.01. The molecule has 0 saturated carbocycles. The number of hydrogen-bond acceptors (Lipinski definition) is 0. The van der Waals surface area contributed by atoms with Crippen LogP contribution in [0.5, 0.6) is 0 Å². The highest BCUT2D eigenvalue weighted by Gasteiger charge is 2.23. The highest BCUT2D eigenvalue weighted by atomic mass is 15.2. The molecule has 0 spiro atoms. The summed E-state index contributed by atoms with van der Waals surface area (Å²) in [6, 6.07) is 0.780. The second-order valence-electron chi connectivity index (χ2n) is 4.03. The van der Waals surface area contributed by atoms with Crippen LogP contribution in [0.4, 0.5) is 0 Å². The Hall–Kier alpha value is -0.0800. The third-order valence-corrected chi connectivity index (χ3v) is 3.05. The van der Waals surface area contributed by atoms with Crippen LogP contribution in [0.25, 0.3) is 0 Å². The lowest BCUT2D eigenvalue weighted by Gasteiger charge is -2.30. The zero-order valence-electron chi connectivity index (χ0n) is 7.90. The Kier molecular flexibility index (Phi) is 3.34. The molecular weight excluding hydrogens is 136 g/mol. The van der Waals surface area contributed by atoms with Gasteiger partial charge in [-0.3, -0.25) is 0 Å². The van der Waals surface area contributed by atoms with Gasteiger partial charge in [0.15, 0.2) is 0 Å². The Morgan fingerprint density at radius 2 is 2.00 bits per heavy atom. The van der Waals surface area contributed by atoms with Gasteiger partial charge in [-0.2, -0.15) is 0 Å². The van der Waals surface area contributed by atoms with Gasteiger partial charge in [0.2, 0.25) is 0 Å². The number of piperidine rings is 1. The van der Waals surface area contributed by atoms with Crippen molar-refractivity contribution < 1.29 is 10.6 Å². The van der Waals surface area contributed by atoms with Crippen molar-refractivity contribution in [2.24, 2.45) is 5.92 Å². The first-order valence-electron chi connectivity index (χ1n) is 4.88. The van der Waals surface area contributed by atoms with Crippen molar-refractivity contribution in [3.8, 4) is 0 Å². The highest BCUT2D eigenvalue weighted by Crippen LogP contribution is 2.06. The van der Waals surface area contributed by atoms with E-state index in [1.54, 1.807) is 4.90 Å². The number of rotatable bonds is 2. The van der Waals surface area contributed by atoms with Crippen LogP contribution in [-0.4, -0.2) is 25.7 Å². The Balaban J connectivity index is 2.27. The summed E-state index contributed by atoms with van der Waals surface area (Å²) in [4.78, 5) is 1.78. The van der Waals surface area contributed by atoms with E-state index in [1.807, 2.05) is 0 Å². The molecule has 2 nitrogen and oxygen atoms in total. The summed E-state index contributed by atoms with van der Waals surface area (Å²) >= 11 is 0. The standard InChI is InChI=1S/C9H20N2/c1-8-3-5-11(6-4-8)9(2)7-10/h8-9H,3-7,10H2,1-2H3/p+2/t9-/m1/s1. The van der Waals surface area contributed by atoms with Crippen LogP contribution >= 0.6 is 0 Å². The fourth-order valence-corrected chi connectivity index (χ4v) is 1.83. The minimum atomic E-state index is 0.780. The maximum atomic E-state index is 3.96. The van der Waals surface area contributed by atoms with Crippen molar-refractivity contribution in [3.05, 3.63) is 0 Å². The molecule has 1 heterocycles. The van der Waals surface area contributed by atoms with Crippen molar-refractivity contribution in [1.29, 1.82) is 0 Å². The molecule has 0 aliphatic carbocycles. The molecule has 1 rings (SSSR count). The molecule has 0 aromatic heterocycles. The fraction of sp³-hybridized carbons (Fsp3) is 1.00. The molecule has 0 bridgehead atoms. The normalized spacial score (nSPS) is 35.2. The monoisotopic (exact) mass is 158 g/mol. The lowest BCUT2D eigenvalue weighted by Crippen LogP contribution is -3.17. The summed E-state index contributed by atoms with van der Waals surface area (Å²) in [5.74, 6) is 0.968. The predicted molar refractivity (Wildman–Crippen MR) is 46.3 cm³/mol. The summed E-state index contributed by atoms with van der Waals surface area (Å²) in [5.41, 5.74) is 3.96. The second kappa shape index (κ2) is 4.07. The van der Waals surface area contributed by atoms with E-state index in [9.17, 15) is 0 Å². The smallest absolute Gasteiger partial charge is 0.134 e. The molecule has 1 aliphatic rings. The number of quaternary nitrogens is 2. The topological polar surface area (TPSA) is 32.1 Å². The minimum absolute atomic E-state index is 0.780. The van der Waals surface area contributed by atoms with Crippen molar-refractivity contribution in [3.63, 3.8) is 0 Å². The van der Waals surface area contributed by atoms with E-state index in [0.717, 1.165) is 18.5 Å². The highest BCUT2D eigenvalue weighted by molar-refractivity contribution is 4.57. The van der Waals surface area contributed by atoms with Gasteiger partial charge in [-0.15, -0.1) is 0 Å². The second-order valence-corrected chi connectivity index (χ2v) is 4.03.